The topological polar surface area (TPSA) is 231 Å². The molecule has 426 valence electrons. The van der Waals surface area contributed by atoms with Crippen molar-refractivity contribution in [2.75, 3.05) is 39.6 Å². The Morgan fingerprint density at radius 3 is 1.18 bits per heavy atom. The van der Waals surface area contributed by atoms with E-state index in [-0.39, 0.29) is 19.3 Å². The zero-order chi connectivity index (χ0) is 53.9. The number of unbranched alkanes of at least 4 members (excludes halogenated alkanes) is 22. The number of hydrogen-bond donors (Lipinski definition) is 4. The average molecular weight is 1080 g/mol. The Balaban J connectivity index is 4.71. The number of carbonyl (C=O) groups is 3. The lowest BCUT2D eigenvalue weighted by Gasteiger charge is -2.21. The Morgan fingerprint density at radius 2 is 0.726 bits per heavy atom. The molecule has 0 aliphatic carbocycles. The molecule has 0 heterocycles. The molecule has 16 nitrogen and oxygen atoms in total. The lowest BCUT2D eigenvalue weighted by molar-refractivity contribution is -0.161. The van der Waals surface area contributed by atoms with Gasteiger partial charge in [0.15, 0.2) is 6.10 Å². The van der Waals surface area contributed by atoms with Gasteiger partial charge in [-0.15, -0.1) is 0 Å². The number of rotatable bonds is 53. The van der Waals surface area contributed by atoms with Crippen molar-refractivity contribution in [3.63, 3.8) is 0 Å². The van der Waals surface area contributed by atoms with Crippen molar-refractivity contribution >= 4 is 33.6 Å². The standard InChI is InChI=1S/C55H100O16P2/c1-4-7-10-13-16-19-22-24-27-29-32-35-38-41-53(58)65-44-50(56)45-67-72(61,62)68-46-51(57)47-69-73(63,64)70-49-52(71-55(60)43-40-37-34-31-26-21-18-15-12-9-6-3)48-66-54(59)42-39-36-33-30-28-25-23-20-17-14-11-8-5-2/h10,13,15,18-20,22-23,50-52,56-57H,4-9,11-12,14,16-17,21,24-49H2,1-3H3,(H,61,62)(H,63,64)/b13-10-,18-15-,22-19-,23-20-. The molecule has 0 aromatic rings. The largest absolute Gasteiger partial charge is 0.472 e. The van der Waals surface area contributed by atoms with Gasteiger partial charge in [0, 0.05) is 19.3 Å². The lowest BCUT2D eigenvalue weighted by atomic mass is 10.1. The third kappa shape index (κ3) is 51.4. The molecular weight excluding hydrogens is 979 g/mol. The van der Waals surface area contributed by atoms with Gasteiger partial charge in [0.1, 0.15) is 25.4 Å². The Kier molecular flexibility index (Phi) is 48.6. The highest BCUT2D eigenvalue weighted by Gasteiger charge is 2.29. The second-order valence-electron chi connectivity index (χ2n) is 18.7. The molecule has 0 aromatic carbocycles. The summed E-state index contributed by atoms with van der Waals surface area (Å²) in [5.74, 6) is -1.61. The summed E-state index contributed by atoms with van der Waals surface area (Å²) in [5.41, 5.74) is 0. The molecule has 0 saturated carbocycles. The molecule has 0 rings (SSSR count). The van der Waals surface area contributed by atoms with Crippen LogP contribution in [0.4, 0.5) is 0 Å². The number of hydrogen-bond acceptors (Lipinski definition) is 14. The van der Waals surface area contributed by atoms with Crippen molar-refractivity contribution in [1.29, 1.82) is 0 Å². The highest BCUT2D eigenvalue weighted by molar-refractivity contribution is 7.47. The molecule has 0 saturated heterocycles. The molecule has 0 aliphatic rings. The minimum atomic E-state index is -4.91. The monoisotopic (exact) mass is 1080 g/mol. The highest BCUT2D eigenvalue weighted by Crippen LogP contribution is 2.45. The smallest absolute Gasteiger partial charge is 0.463 e. The van der Waals surface area contributed by atoms with Crippen LogP contribution in [0.2, 0.25) is 0 Å². The van der Waals surface area contributed by atoms with E-state index in [1.54, 1.807) is 0 Å². The van der Waals surface area contributed by atoms with Crippen LogP contribution < -0.4 is 0 Å². The predicted octanol–water partition coefficient (Wildman–Crippen LogP) is 13.7. The van der Waals surface area contributed by atoms with E-state index in [4.69, 9.17) is 32.3 Å². The van der Waals surface area contributed by atoms with E-state index >= 15 is 0 Å². The number of phosphoric ester groups is 2. The molecule has 4 N–H and O–H groups in total. The molecule has 5 unspecified atom stereocenters. The minimum Gasteiger partial charge on any atom is -0.463 e. The second kappa shape index (κ2) is 50.3. The molecule has 73 heavy (non-hydrogen) atoms. The molecule has 0 aliphatic heterocycles. The first-order chi connectivity index (χ1) is 35.2. The Hall–Kier alpha value is -2.49. The average Bonchev–Trinajstić information content (AvgIpc) is 3.36. The zero-order valence-electron chi connectivity index (χ0n) is 45.3. The summed E-state index contributed by atoms with van der Waals surface area (Å²) in [6, 6.07) is 0. The fraction of sp³-hybridized carbons (Fsp3) is 0.800. The van der Waals surface area contributed by atoms with Gasteiger partial charge in [-0.3, -0.25) is 32.5 Å². The van der Waals surface area contributed by atoms with Crippen molar-refractivity contribution in [3.05, 3.63) is 48.6 Å². The van der Waals surface area contributed by atoms with Gasteiger partial charge >= 0.3 is 33.6 Å². The fourth-order valence-electron chi connectivity index (χ4n) is 7.11. The normalized spacial score (nSPS) is 15.0. The second-order valence-corrected chi connectivity index (χ2v) is 21.6. The maximum Gasteiger partial charge on any atom is 0.472 e. The summed E-state index contributed by atoms with van der Waals surface area (Å²) in [5, 5.41) is 20.4. The van der Waals surface area contributed by atoms with Gasteiger partial charge in [0.2, 0.25) is 0 Å². The van der Waals surface area contributed by atoms with Crippen LogP contribution in [0.3, 0.4) is 0 Å². The molecular formula is C55H100O16P2. The summed E-state index contributed by atoms with van der Waals surface area (Å²) >= 11 is 0. The lowest BCUT2D eigenvalue weighted by Crippen LogP contribution is -2.30. The molecule has 0 fully saturated rings. The number of ether oxygens (including phenoxy) is 3. The first-order valence-corrected chi connectivity index (χ1v) is 30.9. The first-order valence-electron chi connectivity index (χ1n) is 27.9. The van der Waals surface area contributed by atoms with E-state index in [0.29, 0.717) is 19.3 Å². The number of aliphatic hydroxyl groups excluding tert-OH is 2. The van der Waals surface area contributed by atoms with Gasteiger partial charge in [0.25, 0.3) is 0 Å². The van der Waals surface area contributed by atoms with Crippen LogP contribution in [0.25, 0.3) is 0 Å². The predicted molar refractivity (Wildman–Crippen MR) is 289 cm³/mol. The zero-order valence-corrected chi connectivity index (χ0v) is 47.1. The van der Waals surface area contributed by atoms with Gasteiger partial charge in [-0.25, -0.2) is 9.13 Å². The molecule has 5 atom stereocenters. The van der Waals surface area contributed by atoms with Gasteiger partial charge < -0.3 is 34.2 Å². The van der Waals surface area contributed by atoms with E-state index in [1.165, 1.54) is 38.5 Å². The number of allylic oxidation sites excluding steroid dienone is 8. The van der Waals surface area contributed by atoms with Gasteiger partial charge in [-0.1, -0.05) is 166 Å². The molecule has 0 spiro atoms. The summed E-state index contributed by atoms with van der Waals surface area (Å²) in [4.78, 5) is 57.8. The minimum absolute atomic E-state index is 0.0948. The number of phosphoric acid groups is 2. The Labute approximate surface area is 440 Å². The van der Waals surface area contributed by atoms with Crippen molar-refractivity contribution in [1.82, 2.24) is 0 Å². The van der Waals surface area contributed by atoms with Gasteiger partial charge in [-0.2, -0.15) is 0 Å². The molecule has 0 aromatic heterocycles. The fourth-order valence-corrected chi connectivity index (χ4v) is 8.70. The van der Waals surface area contributed by atoms with Crippen molar-refractivity contribution < 1.29 is 75.8 Å². The third-order valence-electron chi connectivity index (χ3n) is 11.5. The number of carbonyl (C=O) groups excluding carboxylic acids is 3. The number of aliphatic hydroxyl groups is 2. The summed E-state index contributed by atoms with van der Waals surface area (Å²) in [6.45, 7) is 2.47. The van der Waals surface area contributed by atoms with Crippen LogP contribution in [0.5, 0.6) is 0 Å². The van der Waals surface area contributed by atoms with Crippen LogP contribution >= 0.6 is 15.6 Å². The van der Waals surface area contributed by atoms with E-state index in [1.807, 2.05) is 0 Å². The Morgan fingerprint density at radius 1 is 0.384 bits per heavy atom. The van der Waals surface area contributed by atoms with Gasteiger partial charge in [-0.05, 0) is 89.9 Å². The third-order valence-corrected chi connectivity index (χ3v) is 13.4. The van der Waals surface area contributed by atoms with Crippen LogP contribution in [0.1, 0.15) is 226 Å². The Bertz CT molecular complexity index is 1550. The summed E-state index contributed by atoms with van der Waals surface area (Å²) < 4.78 is 60.4. The first kappa shape index (κ1) is 70.5. The van der Waals surface area contributed by atoms with E-state index in [2.05, 4.69) is 69.4 Å². The molecule has 18 heteroatoms. The van der Waals surface area contributed by atoms with E-state index in [0.717, 1.165) is 128 Å². The van der Waals surface area contributed by atoms with Gasteiger partial charge in [0.05, 0.1) is 26.4 Å². The van der Waals surface area contributed by atoms with Crippen molar-refractivity contribution in [2.24, 2.45) is 0 Å². The van der Waals surface area contributed by atoms with Crippen LogP contribution in [0, 0.1) is 0 Å². The van der Waals surface area contributed by atoms with Crippen molar-refractivity contribution in [2.45, 2.75) is 245 Å². The summed E-state index contributed by atoms with van der Waals surface area (Å²) in [7, 11) is -9.74. The van der Waals surface area contributed by atoms with Crippen LogP contribution in [-0.2, 0) is 55.8 Å². The van der Waals surface area contributed by atoms with E-state index in [9.17, 15) is 43.5 Å². The molecule has 0 radical (unpaired) electrons. The van der Waals surface area contributed by atoms with Crippen molar-refractivity contribution in [3.8, 4) is 0 Å². The molecule has 0 amide bonds. The highest BCUT2D eigenvalue weighted by atomic mass is 31.2. The summed E-state index contributed by atoms with van der Waals surface area (Å²) in [6.07, 6.45) is 43.4. The maximum absolute atomic E-state index is 12.8. The van der Waals surface area contributed by atoms with E-state index < -0.39 is 91.5 Å². The quantitative estimate of drug-likeness (QED) is 0.0146. The SMILES string of the molecule is CCC/C=C\C/C=C\CCCCCCCC(=O)OCC(O)COP(=O)(O)OCC(O)COP(=O)(O)OCC(COC(=O)CCCCCCC/C=C\CCCCCC)OC(=O)CCCCCCC/C=C\CCCC. The maximum atomic E-state index is 12.8. The van der Waals surface area contributed by atoms with Crippen LogP contribution in [0.15, 0.2) is 48.6 Å². The molecule has 0 bridgehead atoms. The number of esters is 3. The van der Waals surface area contributed by atoms with Crippen LogP contribution in [-0.4, -0.2) is 95.9 Å².